The van der Waals surface area contributed by atoms with Crippen LogP contribution < -0.4 is 10.1 Å². The molecule has 0 atom stereocenters. The summed E-state index contributed by atoms with van der Waals surface area (Å²) >= 11 is 2.97. The first-order valence-electron chi connectivity index (χ1n) is 7.00. The highest BCUT2D eigenvalue weighted by Crippen LogP contribution is 2.24. The molecule has 23 heavy (non-hydrogen) atoms. The number of benzene rings is 1. The quantitative estimate of drug-likeness (QED) is 0.340. The molecule has 0 radical (unpaired) electrons. The Morgan fingerprint density at radius 3 is 2.87 bits per heavy atom. The lowest BCUT2D eigenvalue weighted by Crippen LogP contribution is -2.07. The molecule has 5 nitrogen and oxygen atoms in total. The number of anilines is 1. The van der Waals surface area contributed by atoms with Crippen molar-refractivity contribution in [3.05, 3.63) is 48.6 Å². The Kier molecular flexibility index (Phi) is 6.83. The van der Waals surface area contributed by atoms with Gasteiger partial charge in [0.15, 0.2) is 4.34 Å². The number of amides is 1. The average Bonchev–Trinajstić information content (AvgIpc) is 2.99. The Hall–Kier alpha value is -2.12. The van der Waals surface area contributed by atoms with E-state index in [-0.39, 0.29) is 5.91 Å². The Morgan fingerprint density at radius 2 is 2.17 bits per heavy atom. The van der Waals surface area contributed by atoms with Crippen LogP contribution in [0.2, 0.25) is 0 Å². The number of aromatic nitrogens is 2. The summed E-state index contributed by atoms with van der Waals surface area (Å²) < 4.78 is 6.25. The number of carbonyl (C=O) groups is 1. The number of carbonyl (C=O) groups excluding carboxylic acids is 1. The van der Waals surface area contributed by atoms with Gasteiger partial charge in [-0.25, -0.2) is 0 Å². The van der Waals surface area contributed by atoms with Crippen LogP contribution in [0.25, 0.3) is 6.08 Å². The smallest absolute Gasteiger partial charge is 0.250 e. The second-order valence-corrected chi connectivity index (χ2v) is 6.79. The van der Waals surface area contributed by atoms with Gasteiger partial charge in [0.1, 0.15) is 12.4 Å². The minimum atomic E-state index is -0.235. The van der Waals surface area contributed by atoms with Gasteiger partial charge in [0.05, 0.1) is 0 Å². The number of thioether (sulfide) groups is 1. The van der Waals surface area contributed by atoms with Crippen molar-refractivity contribution in [1.82, 2.24) is 10.2 Å². The highest BCUT2D eigenvalue weighted by molar-refractivity contribution is 8.01. The van der Waals surface area contributed by atoms with Crippen molar-refractivity contribution in [3.63, 3.8) is 0 Å². The second kappa shape index (κ2) is 9.12. The Balaban J connectivity index is 1.88. The standard InChI is InChI=1S/C16H17N3O2S2/c1-3-11-21-13-8-5-12(6-9-13)7-10-14(20)17-15-18-19-16(23-15)22-4-2/h3,5-10H,1,4,11H2,2H3,(H,17,18,20)/b10-7+. The van der Waals surface area contributed by atoms with E-state index < -0.39 is 0 Å². The van der Waals surface area contributed by atoms with Gasteiger partial charge in [-0.3, -0.25) is 10.1 Å². The lowest BCUT2D eigenvalue weighted by atomic mass is 10.2. The maximum Gasteiger partial charge on any atom is 0.250 e. The molecule has 1 heterocycles. The molecular formula is C16H17N3O2S2. The molecule has 1 N–H and O–H groups in total. The summed E-state index contributed by atoms with van der Waals surface area (Å²) in [5.74, 6) is 1.46. The normalized spacial score (nSPS) is 10.7. The average molecular weight is 347 g/mol. The van der Waals surface area contributed by atoms with Crippen molar-refractivity contribution in [2.45, 2.75) is 11.3 Å². The molecule has 1 aromatic heterocycles. The van der Waals surface area contributed by atoms with E-state index in [0.29, 0.717) is 11.7 Å². The molecule has 120 valence electrons. The topological polar surface area (TPSA) is 64.1 Å². The van der Waals surface area contributed by atoms with Crippen LogP contribution in [0, 0.1) is 0 Å². The Bertz CT molecular complexity index is 681. The van der Waals surface area contributed by atoms with Gasteiger partial charge in [-0.15, -0.1) is 10.2 Å². The zero-order valence-electron chi connectivity index (χ0n) is 12.7. The fourth-order valence-corrected chi connectivity index (χ4v) is 3.24. The molecule has 0 saturated heterocycles. The Morgan fingerprint density at radius 1 is 1.39 bits per heavy atom. The van der Waals surface area contributed by atoms with E-state index in [0.717, 1.165) is 21.4 Å². The lowest BCUT2D eigenvalue weighted by Gasteiger charge is -2.02. The van der Waals surface area contributed by atoms with E-state index >= 15 is 0 Å². The monoisotopic (exact) mass is 347 g/mol. The molecule has 0 saturated carbocycles. The molecule has 7 heteroatoms. The summed E-state index contributed by atoms with van der Waals surface area (Å²) in [5.41, 5.74) is 0.908. The van der Waals surface area contributed by atoms with Crippen LogP contribution in [-0.4, -0.2) is 28.5 Å². The van der Waals surface area contributed by atoms with E-state index in [2.05, 4.69) is 22.1 Å². The van der Waals surface area contributed by atoms with E-state index in [9.17, 15) is 4.79 Å². The predicted molar refractivity (Wildman–Crippen MR) is 96.1 cm³/mol. The molecule has 0 unspecified atom stereocenters. The molecule has 2 rings (SSSR count). The molecule has 0 aliphatic heterocycles. The van der Waals surface area contributed by atoms with Gasteiger partial charge >= 0.3 is 0 Å². The molecule has 0 fully saturated rings. The van der Waals surface area contributed by atoms with Gasteiger partial charge in [-0.05, 0) is 29.5 Å². The number of hydrogen-bond donors (Lipinski definition) is 1. The van der Waals surface area contributed by atoms with E-state index in [1.807, 2.05) is 31.2 Å². The summed E-state index contributed by atoms with van der Waals surface area (Å²) in [7, 11) is 0. The number of ether oxygens (including phenoxy) is 1. The molecule has 2 aromatic rings. The molecule has 0 bridgehead atoms. The predicted octanol–water partition coefficient (Wildman–Crippen LogP) is 3.87. The molecule has 0 aliphatic rings. The van der Waals surface area contributed by atoms with Gasteiger partial charge in [0.2, 0.25) is 11.0 Å². The first-order chi connectivity index (χ1) is 11.2. The SMILES string of the molecule is C=CCOc1ccc(/C=C/C(=O)Nc2nnc(SCC)s2)cc1. The molecule has 1 aromatic carbocycles. The fraction of sp³-hybridized carbons (Fsp3) is 0.188. The third-order valence-electron chi connectivity index (χ3n) is 2.58. The minimum Gasteiger partial charge on any atom is -0.490 e. The maximum absolute atomic E-state index is 11.9. The van der Waals surface area contributed by atoms with E-state index in [4.69, 9.17) is 4.74 Å². The van der Waals surface area contributed by atoms with Crippen LogP contribution in [0.15, 0.2) is 47.3 Å². The highest BCUT2D eigenvalue weighted by atomic mass is 32.2. The minimum absolute atomic E-state index is 0.235. The maximum atomic E-state index is 11.9. The van der Waals surface area contributed by atoms with Crippen LogP contribution >= 0.6 is 23.1 Å². The zero-order chi connectivity index (χ0) is 16.5. The van der Waals surface area contributed by atoms with Crippen LogP contribution in [0.5, 0.6) is 5.75 Å². The summed E-state index contributed by atoms with van der Waals surface area (Å²) in [4.78, 5) is 11.9. The molecule has 1 amide bonds. The van der Waals surface area contributed by atoms with Crippen molar-refractivity contribution in [2.75, 3.05) is 17.7 Å². The third-order valence-corrected chi connectivity index (χ3v) is 4.43. The largest absolute Gasteiger partial charge is 0.490 e. The number of rotatable bonds is 8. The van der Waals surface area contributed by atoms with Gasteiger partial charge < -0.3 is 4.74 Å². The zero-order valence-corrected chi connectivity index (χ0v) is 14.3. The molecule has 0 spiro atoms. The summed E-state index contributed by atoms with van der Waals surface area (Å²) in [5, 5.41) is 11.1. The van der Waals surface area contributed by atoms with E-state index in [1.165, 1.54) is 17.4 Å². The van der Waals surface area contributed by atoms with Crippen molar-refractivity contribution in [1.29, 1.82) is 0 Å². The van der Waals surface area contributed by atoms with Crippen LogP contribution in [0.1, 0.15) is 12.5 Å². The lowest BCUT2D eigenvalue weighted by molar-refractivity contribution is -0.111. The fourth-order valence-electron chi connectivity index (χ4n) is 1.59. The first kappa shape index (κ1) is 17.2. The molecule has 0 aliphatic carbocycles. The first-order valence-corrected chi connectivity index (χ1v) is 8.80. The van der Waals surface area contributed by atoms with Gasteiger partial charge in [-0.2, -0.15) is 0 Å². The van der Waals surface area contributed by atoms with Crippen LogP contribution in [0.3, 0.4) is 0 Å². The van der Waals surface area contributed by atoms with Crippen molar-refractivity contribution >= 4 is 40.2 Å². The summed E-state index contributed by atoms with van der Waals surface area (Å²) in [6.45, 7) is 6.11. The highest BCUT2D eigenvalue weighted by Gasteiger charge is 2.05. The molecular weight excluding hydrogens is 330 g/mol. The van der Waals surface area contributed by atoms with Gasteiger partial charge in [-0.1, -0.05) is 54.8 Å². The van der Waals surface area contributed by atoms with Gasteiger partial charge in [0.25, 0.3) is 0 Å². The van der Waals surface area contributed by atoms with Crippen molar-refractivity contribution in [3.8, 4) is 5.75 Å². The van der Waals surface area contributed by atoms with Crippen molar-refractivity contribution < 1.29 is 9.53 Å². The third kappa shape index (κ3) is 5.88. The second-order valence-electron chi connectivity index (χ2n) is 4.30. The number of nitrogens with zero attached hydrogens (tertiary/aromatic N) is 2. The Labute approximate surface area is 143 Å². The number of nitrogens with one attached hydrogen (secondary N) is 1. The summed E-state index contributed by atoms with van der Waals surface area (Å²) in [6, 6.07) is 7.45. The van der Waals surface area contributed by atoms with Gasteiger partial charge in [0, 0.05) is 6.08 Å². The number of hydrogen-bond acceptors (Lipinski definition) is 6. The van der Waals surface area contributed by atoms with Crippen LogP contribution in [-0.2, 0) is 4.79 Å². The van der Waals surface area contributed by atoms with E-state index in [1.54, 1.807) is 23.9 Å². The van der Waals surface area contributed by atoms with Crippen LogP contribution in [0.4, 0.5) is 5.13 Å². The summed E-state index contributed by atoms with van der Waals surface area (Å²) in [6.07, 6.45) is 4.89. The van der Waals surface area contributed by atoms with Crippen molar-refractivity contribution in [2.24, 2.45) is 0 Å².